The first-order valence-corrected chi connectivity index (χ1v) is 15.6. The van der Waals surface area contributed by atoms with Gasteiger partial charge in [0.2, 0.25) is 5.91 Å². The monoisotopic (exact) mass is 573 g/mol. The van der Waals surface area contributed by atoms with Crippen molar-refractivity contribution in [3.63, 3.8) is 0 Å². The van der Waals surface area contributed by atoms with E-state index in [2.05, 4.69) is 27.9 Å². The van der Waals surface area contributed by atoms with Crippen LogP contribution in [-0.2, 0) is 11.2 Å². The van der Waals surface area contributed by atoms with Crippen LogP contribution in [0.2, 0.25) is 0 Å². The molecule has 4 heterocycles. The van der Waals surface area contributed by atoms with Crippen molar-refractivity contribution in [1.82, 2.24) is 24.3 Å². The number of carbonyl (C=O) groups is 2. The van der Waals surface area contributed by atoms with E-state index in [9.17, 15) is 14.0 Å². The quantitative estimate of drug-likeness (QED) is 0.384. The van der Waals surface area contributed by atoms with E-state index in [0.717, 1.165) is 49.6 Å². The molecule has 2 unspecified atom stereocenters. The lowest BCUT2D eigenvalue weighted by Crippen LogP contribution is -2.52. The second-order valence-electron chi connectivity index (χ2n) is 13.6. The van der Waals surface area contributed by atoms with Crippen molar-refractivity contribution in [2.75, 3.05) is 39.8 Å². The van der Waals surface area contributed by atoms with Crippen molar-refractivity contribution in [2.45, 2.75) is 59.4 Å². The first kappa shape index (κ1) is 28.8. The second-order valence-corrected chi connectivity index (χ2v) is 13.6. The van der Waals surface area contributed by atoms with Crippen molar-refractivity contribution in [3.05, 3.63) is 59.3 Å². The van der Waals surface area contributed by atoms with Gasteiger partial charge in [-0.15, -0.1) is 0 Å². The van der Waals surface area contributed by atoms with Crippen LogP contribution in [0.1, 0.15) is 61.5 Å². The van der Waals surface area contributed by atoms with Gasteiger partial charge in [0.25, 0.3) is 5.91 Å². The number of pyridine rings is 1. The Balaban J connectivity index is 1.18. The van der Waals surface area contributed by atoms with Crippen molar-refractivity contribution in [2.24, 2.45) is 23.7 Å². The number of benzene rings is 1. The smallest absolute Gasteiger partial charge is 0.256 e. The van der Waals surface area contributed by atoms with E-state index in [4.69, 9.17) is 0 Å². The van der Waals surface area contributed by atoms with E-state index < -0.39 is 5.82 Å². The van der Waals surface area contributed by atoms with Crippen LogP contribution < -0.4 is 0 Å². The maximum Gasteiger partial charge on any atom is 0.256 e. The minimum Gasteiger partial charge on any atom is -0.342 e. The van der Waals surface area contributed by atoms with Gasteiger partial charge in [0, 0.05) is 70.5 Å². The number of hydrogen-bond donors (Lipinski definition) is 0. The predicted octanol–water partition coefficient (Wildman–Crippen LogP) is 5.32. The lowest BCUT2D eigenvalue weighted by Gasteiger charge is -2.47. The molecule has 3 aliphatic rings. The van der Waals surface area contributed by atoms with Crippen LogP contribution >= 0.6 is 0 Å². The van der Waals surface area contributed by atoms with Gasteiger partial charge in [-0.2, -0.15) is 0 Å². The molecule has 6 rings (SSSR count). The standard InChI is InChI=1S/C34H44FN5O2/c1-21(2)37(5)34(42)30-12-29(35)6-7-31(30)40-20-28(33-22(3)13-36-14-32(33)40)11-27-16-38(17-27)15-24-8-25-10-26(9-24)19-39(18-25)23(4)41/h6-7,12-14,20-21,24-27H,8-11,15-19H2,1-5H3. The number of amides is 2. The molecule has 2 saturated heterocycles. The van der Waals surface area contributed by atoms with Crippen LogP contribution in [0.25, 0.3) is 16.6 Å². The van der Waals surface area contributed by atoms with E-state index in [-0.39, 0.29) is 17.9 Å². The number of rotatable bonds is 7. The molecular weight excluding hydrogens is 529 g/mol. The van der Waals surface area contributed by atoms with Crippen LogP contribution in [-0.4, -0.2) is 81.9 Å². The minimum absolute atomic E-state index is 0.000454. The Morgan fingerprint density at radius 3 is 2.43 bits per heavy atom. The summed E-state index contributed by atoms with van der Waals surface area (Å²) < 4.78 is 16.4. The molecule has 0 radical (unpaired) electrons. The molecule has 1 saturated carbocycles. The SMILES string of the molecule is CC(=O)N1CC2CC(CN3CC(Cc4cn(-c5ccc(F)cc5C(=O)N(C)C(C)C)c5cncc(C)c45)C3)CC(C2)C1. The number of likely N-dealkylation sites (tertiary alicyclic amines) is 2. The Kier molecular flexibility index (Phi) is 7.85. The largest absolute Gasteiger partial charge is 0.342 e. The summed E-state index contributed by atoms with van der Waals surface area (Å²) in [6.07, 6.45) is 10.6. The zero-order chi connectivity index (χ0) is 29.7. The second kappa shape index (κ2) is 11.4. The molecule has 2 aromatic heterocycles. The fourth-order valence-corrected chi connectivity index (χ4v) is 7.85. The summed E-state index contributed by atoms with van der Waals surface area (Å²) in [6.45, 7) is 13.0. The summed E-state index contributed by atoms with van der Waals surface area (Å²) >= 11 is 0. The van der Waals surface area contributed by atoms with Gasteiger partial charge in [-0.25, -0.2) is 4.39 Å². The molecule has 7 nitrogen and oxygen atoms in total. The summed E-state index contributed by atoms with van der Waals surface area (Å²) in [7, 11) is 1.76. The zero-order valence-electron chi connectivity index (χ0n) is 25.6. The average Bonchev–Trinajstić information content (AvgIpc) is 3.29. The van der Waals surface area contributed by atoms with Crippen molar-refractivity contribution in [3.8, 4) is 5.69 Å². The summed E-state index contributed by atoms with van der Waals surface area (Å²) in [6, 6.07) is 4.49. The van der Waals surface area contributed by atoms with Gasteiger partial charge in [-0.3, -0.25) is 14.6 Å². The lowest BCUT2D eigenvalue weighted by molar-refractivity contribution is -0.133. The van der Waals surface area contributed by atoms with E-state index in [1.165, 1.54) is 48.9 Å². The van der Waals surface area contributed by atoms with Gasteiger partial charge in [0.05, 0.1) is 23.0 Å². The molecular formula is C34H44FN5O2. The number of piperidine rings is 1. The molecule has 2 amide bonds. The zero-order valence-corrected chi connectivity index (χ0v) is 25.6. The maximum absolute atomic E-state index is 14.4. The van der Waals surface area contributed by atoms with Gasteiger partial charge in [-0.05, 0) is 99.5 Å². The fraction of sp³-hybridized carbons (Fsp3) is 0.559. The van der Waals surface area contributed by atoms with Crippen molar-refractivity contribution >= 4 is 22.7 Å². The minimum atomic E-state index is -0.419. The molecule has 8 heteroatoms. The summed E-state index contributed by atoms with van der Waals surface area (Å²) in [4.78, 5) is 36.1. The first-order valence-electron chi connectivity index (χ1n) is 15.6. The van der Waals surface area contributed by atoms with E-state index >= 15 is 0 Å². The highest BCUT2D eigenvalue weighted by atomic mass is 19.1. The number of carbonyl (C=O) groups excluding carboxylic acids is 2. The Labute approximate surface area is 248 Å². The van der Waals surface area contributed by atoms with Gasteiger partial charge in [0.1, 0.15) is 5.82 Å². The van der Waals surface area contributed by atoms with E-state index in [1.54, 1.807) is 24.9 Å². The van der Waals surface area contributed by atoms with Gasteiger partial charge in [0.15, 0.2) is 0 Å². The first-order chi connectivity index (χ1) is 20.1. The predicted molar refractivity (Wildman–Crippen MR) is 163 cm³/mol. The van der Waals surface area contributed by atoms with Gasteiger partial charge in [-0.1, -0.05) is 0 Å². The highest BCUT2D eigenvalue weighted by molar-refractivity contribution is 5.99. The molecule has 224 valence electrons. The van der Waals surface area contributed by atoms with E-state index in [0.29, 0.717) is 29.0 Å². The highest BCUT2D eigenvalue weighted by Gasteiger charge is 2.38. The molecule has 2 aliphatic heterocycles. The highest BCUT2D eigenvalue weighted by Crippen LogP contribution is 2.39. The number of aromatic nitrogens is 2. The van der Waals surface area contributed by atoms with Crippen LogP contribution in [0.5, 0.6) is 0 Å². The summed E-state index contributed by atoms with van der Waals surface area (Å²) in [5.74, 6) is 2.25. The average molecular weight is 574 g/mol. The third-order valence-corrected chi connectivity index (χ3v) is 9.98. The lowest BCUT2D eigenvalue weighted by atomic mass is 9.72. The van der Waals surface area contributed by atoms with Gasteiger partial charge < -0.3 is 19.3 Å². The van der Waals surface area contributed by atoms with Crippen molar-refractivity contribution < 1.29 is 14.0 Å². The molecule has 3 fully saturated rings. The molecule has 2 atom stereocenters. The molecule has 1 aromatic carbocycles. The summed E-state index contributed by atoms with van der Waals surface area (Å²) in [5, 5.41) is 1.18. The van der Waals surface area contributed by atoms with E-state index in [1.807, 2.05) is 30.8 Å². The summed E-state index contributed by atoms with van der Waals surface area (Å²) in [5.41, 5.74) is 4.35. The molecule has 2 bridgehead atoms. The number of nitrogens with zero attached hydrogens (tertiary/aromatic N) is 5. The van der Waals surface area contributed by atoms with Crippen LogP contribution in [0.3, 0.4) is 0 Å². The fourth-order valence-electron chi connectivity index (χ4n) is 7.85. The van der Waals surface area contributed by atoms with Crippen LogP contribution in [0.4, 0.5) is 4.39 Å². The molecule has 3 aromatic rings. The number of aryl methyl sites for hydroxylation is 1. The molecule has 42 heavy (non-hydrogen) atoms. The molecule has 1 aliphatic carbocycles. The topological polar surface area (TPSA) is 61.7 Å². The number of fused-ring (bicyclic) bond motifs is 3. The van der Waals surface area contributed by atoms with Crippen LogP contribution in [0, 0.1) is 36.4 Å². The normalized spacial score (nSPS) is 22.9. The Bertz CT molecular complexity index is 1480. The van der Waals surface area contributed by atoms with Crippen molar-refractivity contribution in [1.29, 1.82) is 0 Å². The molecule has 0 N–H and O–H groups in total. The number of halogens is 1. The third kappa shape index (κ3) is 5.58. The Morgan fingerprint density at radius 2 is 1.76 bits per heavy atom. The Hall–Kier alpha value is -3.26. The van der Waals surface area contributed by atoms with Crippen LogP contribution in [0.15, 0.2) is 36.8 Å². The molecule has 0 spiro atoms. The maximum atomic E-state index is 14.4. The Morgan fingerprint density at radius 1 is 1.05 bits per heavy atom. The number of hydrogen-bond acceptors (Lipinski definition) is 4. The third-order valence-electron chi connectivity index (χ3n) is 9.98. The van der Waals surface area contributed by atoms with Gasteiger partial charge >= 0.3 is 0 Å².